The molecule has 1 unspecified atom stereocenters. The lowest BCUT2D eigenvalue weighted by Gasteiger charge is -2.24. The minimum absolute atomic E-state index is 0.0373. The van der Waals surface area contributed by atoms with E-state index >= 15 is 0 Å². The highest BCUT2D eigenvalue weighted by Crippen LogP contribution is 2.35. The van der Waals surface area contributed by atoms with Gasteiger partial charge in [-0.2, -0.15) is 5.26 Å². The minimum atomic E-state index is -0.803. The van der Waals surface area contributed by atoms with Gasteiger partial charge in [0.25, 0.3) is 11.5 Å². The van der Waals surface area contributed by atoms with Crippen molar-refractivity contribution in [3.05, 3.63) is 55.2 Å². The molecule has 1 aliphatic heterocycles. The van der Waals surface area contributed by atoms with E-state index in [0.29, 0.717) is 5.56 Å². The van der Waals surface area contributed by atoms with Crippen LogP contribution in [-0.4, -0.2) is 35.6 Å². The number of esters is 1. The maximum Gasteiger partial charge on any atom is 0.332 e. The molecule has 9 nitrogen and oxygen atoms in total. The summed E-state index contributed by atoms with van der Waals surface area (Å²) in [5.41, 5.74) is 6.33. The van der Waals surface area contributed by atoms with Crippen LogP contribution in [-0.2, 0) is 14.3 Å². The van der Waals surface area contributed by atoms with E-state index < -0.39 is 23.4 Å². The molecule has 0 radical (unpaired) electrons. The number of ether oxygens (including phenoxy) is 1. The Morgan fingerprint density at radius 3 is 2.82 bits per heavy atom. The summed E-state index contributed by atoms with van der Waals surface area (Å²) in [4.78, 5) is 41.2. The van der Waals surface area contributed by atoms with E-state index in [1.54, 1.807) is 18.3 Å². The standard InChI is InChI=1S/C18H15N5O4S/c1-21-16(25)14-13(9-4-3-5-22-8-9)10(7-19)15(20)23-17(26)11(28-18(14)23)6-12(24)27-2/h3-6,8,13H,20H2,1-2H3,(H,21,25)/b11-6-. The zero-order valence-corrected chi connectivity index (χ0v) is 15.7. The van der Waals surface area contributed by atoms with Crippen LogP contribution >= 0.6 is 11.3 Å². The predicted molar refractivity (Wildman–Crippen MR) is 102 cm³/mol. The second kappa shape index (κ2) is 7.50. The highest BCUT2D eigenvalue weighted by molar-refractivity contribution is 7.07. The van der Waals surface area contributed by atoms with E-state index in [9.17, 15) is 19.6 Å². The molecule has 0 aromatic carbocycles. The Balaban J connectivity index is 2.49. The smallest absolute Gasteiger partial charge is 0.332 e. The van der Waals surface area contributed by atoms with E-state index in [0.717, 1.165) is 22.0 Å². The van der Waals surface area contributed by atoms with Crippen molar-refractivity contribution in [2.45, 2.75) is 5.92 Å². The zero-order chi connectivity index (χ0) is 20.4. The molecule has 3 N–H and O–H groups in total. The van der Waals surface area contributed by atoms with Gasteiger partial charge < -0.3 is 15.8 Å². The van der Waals surface area contributed by atoms with Crippen LogP contribution < -0.4 is 25.8 Å². The summed E-state index contributed by atoms with van der Waals surface area (Å²) in [7, 11) is 2.63. The molecule has 2 aromatic heterocycles. The first-order valence-electron chi connectivity index (χ1n) is 8.02. The van der Waals surface area contributed by atoms with Crippen LogP contribution in [0.25, 0.3) is 17.5 Å². The molecule has 0 aliphatic carbocycles. The predicted octanol–water partition coefficient (Wildman–Crippen LogP) is -1.40. The summed E-state index contributed by atoms with van der Waals surface area (Å²) >= 11 is 0.924. The monoisotopic (exact) mass is 397 g/mol. The van der Waals surface area contributed by atoms with Gasteiger partial charge in [0.15, 0.2) is 0 Å². The Morgan fingerprint density at radius 2 is 2.25 bits per heavy atom. The van der Waals surface area contributed by atoms with Crippen LogP contribution in [0.1, 0.15) is 11.5 Å². The fraction of sp³-hybridized carbons (Fsp3) is 0.167. The number of nitrogens with zero attached hydrogens (tertiary/aromatic N) is 3. The average Bonchev–Trinajstić information content (AvgIpc) is 3.03. The van der Waals surface area contributed by atoms with Gasteiger partial charge in [-0.1, -0.05) is 6.07 Å². The molecule has 28 heavy (non-hydrogen) atoms. The number of pyridine rings is 1. The number of nitrogens with one attached hydrogen (secondary N) is 1. The number of carbonyl (C=O) groups is 2. The second-order valence-corrected chi connectivity index (χ2v) is 6.73. The van der Waals surface area contributed by atoms with Crippen molar-refractivity contribution >= 4 is 40.7 Å². The molecule has 0 saturated heterocycles. The van der Waals surface area contributed by atoms with Crippen molar-refractivity contribution in [1.29, 1.82) is 5.26 Å². The van der Waals surface area contributed by atoms with Gasteiger partial charge in [0.05, 0.1) is 30.2 Å². The van der Waals surface area contributed by atoms with E-state index in [2.05, 4.69) is 15.0 Å². The molecule has 142 valence electrons. The third-order valence-electron chi connectivity index (χ3n) is 4.21. The summed E-state index contributed by atoms with van der Waals surface area (Å²) in [5.74, 6) is -2.09. The minimum Gasteiger partial charge on any atom is -0.466 e. The first-order valence-corrected chi connectivity index (χ1v) is 8.84. The van der Waals surface area contributed by atoms with E-state index in [-0.39, 0.29) is 26.2 Å². The molecule has 0 bridgehead atoms. The average molecular weight is 397 g/mol. The molecular weight excluding hydrogens is 382 g/mol. The first-order chi connectivity index (χ1) is 13.4. The van der Waals surface area contributed by atoms with Gasteiger partial charge in [-0.3, -0.25) is 19.1 Å². The van der Waals surface area contributed by atoms with Crippen molar-refractivity contribution in [3.63, 3.8) is 0 Å². The lowest BCUT2D eigenvalue weighted by Crippen LogP contribution is -2.41. The number of aromatic nitrogens is 2. The molecular formula is C18H15N5O4S. The van der Waals surface area contributed by atoms with Gasteiger partial charge in [-0.25, -0.2) is 4.79 Å². The van der Waals surface area contributed by atoms with Crippen molar-refractivity contribution in [3.8, 4) is 6.07 Å². The van der Waals surface area contributed by atoms with Crippen LogP contribution in [0, 0.1) is 11.3 Å². The highest BCUT2D eigenvalue weighted by atomic mass is 32.1. The summed E-state index contributed by atoms with van der Waals surface area (Å²) in [6.45, 7) is 0. The summed E-state index contributed by atoms with van der Waals surface area (Å²) in [5, 5.41) is 12.3. The van der Waals surface area contributed by atoms with Crippen LogP contribution in [0.4, 0.5) is 0 Å². The summed E-state index contributed by atoms with van der Waals surface area (Å²) < 4.78 is 5.93. The van der Waals surface area contributed by atoms with Crippen LogP contribution in [0.3, 0.4) is 0 Å². The third-order valence-corrected chi connectivity index (χ3v) is 5.32. The normalized spacial score (nSPS) is 16.4. The number of methoxy groups -OCH3 is 1. The van der Waals surface area contributed by atoms with Crippen LogP contribution in [0.15, 0.2) is 34.9 Å². The Labute approximate surface area is 162 Å². The number of hydrogen-bond donors (Lipinski definition) is 2. The third kappa shape index (κ3) is 2.97. The molecule has 3 heterocycles. The molecule has 0 fully saturated rings. The number of amides is 1. The van der Waals surface area contributed by atoms with Crippen molar-refractivity contribution in [2.75, 3.05) is 14.2 Å². The summed E-state index contributed by atoms with van der Waals surface area (Å²) in [6.07, 6.45) is 4.12. The van der Waals surface area contributed by atoms with Crippen LogP contribution in [0.2, 0.25) is 0 Å². The number of nitriles is 1. The zero-order valence-electron chi connectivity index (χ0n) is 14.9. The van der Waals surface area contributed by atoms with Crippen molar-refractivity contribution < 1.29 is 14.3 Å². The van der Waals surface area contributed by atoms with E-state index in [4.69, 9.17) is 5.73 Å². The van der Waals surface area contributed by atoms with Gasteiger partial charge in [0.2, 0.25) is 0 Å². The Hall–Kier alpha value is -3.71. The highest BCUT2D eigenvalue weighted by Gasteiger charge is 2.35. The largest absolute Gasteiger partial charge is 0.466 e. The number of allylic oxidation sites excluding steroid dienone is 1. The number of carbonyl (C=O) groups excluding carboxylic acids is 2. The van der Waals surface area contributed by atoms with Gasteiger partial charge in [0.1, 0.15) is 15.0 Å². The molecule has 1 amide bonds. The molecule has 0 saturated carbocycles. The fourth-order valence-electron chi connectivity index (χ4n) is 2.95. The molecule has 3 rings (SSSR count). The van der Waals surface area contributed by atoms with Gasteiger partial charge in [-0.15, -0.1) is 11.3 Å². The fourth-order valence-corrected chi connectivity index (χ4v) is 4.08. The second-order valence-electron chi connectivity index (χ2n) is 5.70. The van der Waals surface area contributed by atoms with E-state index in [1.807, 2.05) is 6.07 Å². The first kappa shape index (κ1) is 19.1. The number of fused-ring (bicyclic) bond motifs is 1. The number of hydrogen-bond acceptors (Lipinski definition) is 8. The van der Waals surface area contributed by atoms with Crippen LogP contribution in [0.5, 0.6) is 0 Å². The van der Waals surface area contributed by atoms with Gasteiger partial charge >= 0.3 is 5.97 Å². The number of rotatable bonds is 3. The Kier molecular flexibility index (Phi) is 5.10. The molecule has 1 atom stereocenters. The maximum atomic E-state index is 12.8. The molecule has 10 heteroatoms. The summed E-state index contributed by atoms with van der Waals surface area (Å²) in [6, 6.07) is 5.40. The SMILES string of the molecule is CNC(=O)C1=c2s/c(=C\C(=O)OC)c(=O)n2C(N)=C(C#N)C1c1cccnc1. The van der Waals surface area contributed by atoms with E-state index in [1.165, 1.54) is 20.4 Å². The van der Waals surface area contributed by atoms with Crippen molar-refractivity contribution in [1.82, 2.24) is 14.9 Å². The molecule has 0 spiro atoms. The lowest BCUT2D eigenvalue weighted by atomic mass is 9.84. The lowest BCUT2D eigenvalue weighted by molar-refractivity contribution is -0.133. The Bertz CT molecular complexity index is 1220. The Morgan fingerprint density at radius 1 is 1.50 bits per heavy atom. The molecule has 1 aliphatic rings. The molecule has 2 aromatic rings. The topological polar surface area (TPSA) is 140 Å². The van der Waals surface area contributed by atoms with Gasteiger partial charge in [0, 0.05) is 25.5 Å². The maximum absolute atomic E-state index is 12.8. The number of nitrogens with two attached hydrogens (primary N) is 1. The quantitative estimate of drug-likeness (QED) is 0.607. The number of thiazole rings is 1. The van der Waals surface area contributed by atoms with Gasteiger partial charge in [-0.05, 0) is 11.6 Å². The van der Waals surface area contributed by atoms with Crippen molar-refractivity contribution in [2.24, 2.45) is 5.73 Å².